The van der Waals surface area contributed by atoms with E-state index < -0.39 is 0 Å². The molecule has 5 nitrogen and oxygen atoms in total. The number of benzene rings is 1. The van der Waals surface area contributed by atoms with Crippen molar-refractivity contribution in [1.29, 1.82) is 0 Å². The van der Waals surface area contributed by atoms with Gasteiger partial charge in [-0.1, -0.05) is 6.07 Å². The zero-order valence-electron chi connectivity index (χ0n) is 12.2. The summed E-state index contributed by atoms with van der Waals surface area (Å²) >= 11 is 1.42. The van der Waals surface area contributed by atoms with Gasteiger partial charge < -0.3 is 9.88 Å². The highest BCUT2D eigenvalue weighted by Gasteiger charge is 2.28. The second kappa shape index (κ2) is 5.21. The molecule has 1 aliphatic rings. The number of fused-ring (bicyclic) bond motifs is 1. The predicted octanol–water partition coefficient (Wildman–Crippen LogP) is 3.09. The van der Waals surface area contributed by atoms with Crippen molar-refractivity contribution in [3.8, 4) is 0 Å². The Kier molecular flexibility index (Phi) is 3.18. The number of aryl methyl sites for hydroxylation is 1. The average molecular weight is 312 g/mol. The predicted molar refractivity (Wildman–Crippen MR) is 87.1 cm³/mol. The maximum absolute atomic E-state index is 12.0. The molecule has 1 N–H and O–H groups in total. The second-order valence-corrected chi connectivity index (χ2v) is 6.58. The van der Waals surface area contributed by atoms with Crippen LogP contribution in [0.25, 0.3) is 11.0 Å². The maximum atomic E-state index is 12.0. The number of anilines is 1. The van der Waals surface area contributed by atoms with Crippen LogP contribution in [-0.2, 0) is 18.3 Å². The fourth-order valence-corrected chi connectivity index (χ4v) is 3.26. The fourth-order valence-electron chi connectivity index (χ4n) is 2.71. The van der Waals surface area contributed by atoms with Gasteiger partial charge in [0.1, 0.15) is 5.82 Å². The monoisotopic (exact) mass is 312 g/mol. The van der Waals surface area contributed by atoms with E-state index >= 15 is 0 Å². The topological polar surface area (TPSA) is 59.8 Å². The molecule has 3 aromatic rings. The number of carbonyl (C=O) groups is 1. The van der Waals surface area contributed by atoms with Crippen LogP contribution in [0.15, 0.2) is 29.8 Å². The highest BCUT2D eigenvalue weighted by Crippen LogP contribution is 2.40. The zero-order valence-corrected chi connectivity index (χ0v) is 13.1. The summed E-state index contributed by atoms with van der Waals surface area (Å²) in [5, 5.41) is 5.29. The standard InChI is InChI=1S/C16H16N4OS/c1-20-13-5-2-10(8-12(13)18-15(20)11-3-4-11)9-14(21)19-16-17-6-7-22-16/h2,5-8,11H,3-4,9H2,1H3,(H,17,19,21). The third kappa shape index (κ3) is 2.50. The molecule has 1 fully saturated rings. The van der Waals surface area contributed by atoms with Gasteiger partial charge in [0.15, 0.2) is 5.13 Å². The van der Waals surface area contributed by atoms with Crippen LogP contribution in [-0.4, -0.2) is 20.4 Å². The number of hydrogen-bond donors (Lipinski definition) is 1. The number of nitrogens with one attached hydrogen (secondary N) is 1. The highest BCUT2D eigenvalue weighted by atomic mass is 32.1. The molecule has 0 saturated heterocycles. The van der Waals surface area contributed by atoms with Gasteiger partial charge in [0.05, 0.1) is 17.5 Å². The van der Waals surface area contributed by atoms with E-state index in [1.165, 1.54) is 30.0 Å². The molecule has 0 aliphatic heterocycles. The van der Waals surface area contributed by atoms with E-state index in [2.05, 4.69) is 28.0 Å². The summed E-state index contributed by atoms with van der Waals surface area (Å²) in [6.07, 6.45) is 4.49. The Bertz CT molecular complexity index is 833. The molecule has 6 heteroatoms. The minimum absolute atomic E-state index is 0.0485. The van der Waals surface area contributed by atoms with Crippen LogP contribution in [0.2, 0.25) is 0 Å². The van der Waals surface area contributed by atoms with Crippen molar-refractivity contribution in [2.45, 2.75) is 25.2 Å². The van der Waals surface area contributed by atoms with Gasteiger partial charge in [-0.15, -0.1) is 11.3 Å². The van der Waals surface area contributed by atoms with Gasteiger partial charge in [-0.25, -0.2) is 9.97 Å². The van der Waals surface area contributed by atoms with Gasteiger partial charge in [-0.05, 0) is 30.5 Å². The lowest BCUT2D eigenvalue weighted by Crippen LogP contribution is -2.14. The number of hydrogen-bond acceptors (Lipinski definition) is 4. The largest absolute Gasteiger partial charge is 0.331 e. The van der Waals surface area contributed by atoms with Crippen LogP contribution in [0.4, 0.5) is 5.13 Å². The van der Waals surface area contributed by atoms with Gasteiger partial charge in [0, 0.05) is 24.5 Å². The minimum atomic E-state index is -0.0485. The lowest BCUT2D eigenvalue weighted by molar-refractivity contribution is -0.115. The van der Waals surface area contributed by atoms with Crippen LogP contribution < -0.4 is 5.32 Å². The molecular formula is C16H16N4OS. The zero-order chi connectivity index (χ0) is 15.1. The first-order valence-corrected chi connectivity index (χ1v) is 8.23. The minimum Gasteiger partial charge on any atom is -0.331 e. The van der Waals surface area contributed by atoms with Crippen LogP contribution in [0.3, 0.4) is 0 Å². The van der Waals surface area contributed by atoms with E-state index in [1.807, 2.05) is 17.5 Å². The van der Waals surface area contributed by atoms with Crippen molar-refractivity contribution in [3.05, 3.63) is 41.2 Å². The number of aromatic nitrogens is 3. The Hall–Kier alpha value is -2.21. The second-order valence-electron chi connectivity index (χ2n) is 5.69. The van der Waals surface area contributed by atoms with Crippen molar-refractivity contribution >= 4 is 33.4 Å². The van der Waals surface area contributed by atoms with E-state index in [9.17, 15) is 4.79 Å². The normalized spacial score (nSPS) is 14.4. The summed E-state index contributed by atoms with van der Waals surface area (Å²) in [7, 11) is 2.07. The van der Waals surface area contributed by atoms with Crippen molar-refractivity contribution < 1.29 is 4.79 Å². The van der Waals surface area contributed by atoms with Gasteiger partial charge in [0.2, 0.25) is 5.91 Å². The first-order chi connectivity index (χ1) is 10.7. The summed E-state index contributed by atoms with van der Waals surface area (Å²) in [6.45, 7) is 0. The highest BCUT2D eigenvalue weighted by molar-refractivity contribution is 7.13. The molecule has 0 bridgehead atoms. The molecule has 0 radical (unpaired) electrons. The van der Waals surface area contributed by atoms with Crippen molar-refractivity contribution in [1.82, 2.24) is 14.5 Å². The lowest BCUT2D eigenvalue weighted by Gasteiger charge is -2.03. The summed E-state index contributed by atoms with van der Waals surface area (Å²) in [4.78, 5) is 20.8. The van der Waals surface area contributed by atoms with Gasteiger partial charge in [0.25, 0.3) is 0 Å². The molecule has 2 aromatic heterocycles. The molecule has 0 unspecified atom stereocenters. The van der Waals surface area contributed by atoms with E-state index in [0.29, 0.717) is 17.5 Å². The van der Waals surface area contributed by atoms with E-state index in [-0.39, 0.29) is 5.91 Å². The fraction of sp³-hybridized carbons (Fsp3) is 0.312. The van der Waals surface area contributed by atoms with E-state index in [1.54, 1.807) is 6.20 Å². The summed E-state index contributed by atoms with van der Waals surface area (Å²) < 4.78 is 2.17. The number of carbonyl (C=O) groups excluding carboxylic acids is 1. The molecule has 1 saturated carbocycles. The van der Waals surface area contributed by atoms with Crippen molar-refractivity contribution in [3.63, 3.8) is 0 Å². The molecule has 1 aliphatic carbocycles. The van der Waals surface area contributed by atoms with Crippen molar-refractivity contribution in [2.24, 2.45) is 7.05 Å². The third-order valence-corrected chi connectivity index (χ3v) is 4.65. The molecule has 1 aromatic carbocycles. The van der Waals surface area contributed by atoms with Crippen LogP contribution in [0.1, 0.15) is 30.1 Å². The summed E-state index contributed by atoms with van der Waals surface area (Å²) in [6, 6.07) is 6.07. The SMILES string of the molecule is Cn1c(C2CC2)nc2cc(CC(=O)Nc3nccs3)ccc21. The average Bonchev–Trinajstić information content (AvgIpc) is 3.12. The molecular weight excluding hydrogens is 296 g/mol. The molecule has 2 heterocycles. The first-order valence-electron chi connectivity index (χ1n) is 7.35. The number of imidazole rings is 1. The number of nitrogens with zero attached hydrogens (tertiary/aromatic N) is 3. The molecule has 1 amide bonds. The van der Waals surface area contributed by atoms with E-state index in [4.69, 9.17) is 4.98 Å². The number of amides is 1. The molecule has 0 spiro atoms. The third-order valence-electron chi connectivity index (χ3n) is 3.97. The number of rotatable bonds is 4. The van der Waals surface area contributed by atoms with Gasteiger partial charge >= 0.3 is 0 Å². The van der Waals surface area contributed by atoms with Crippen molar-refractivity contribution in [2.75, 3.05) is 5.32 Å². The maximum Gasteiger partial charge on any atom is 0.230 e. The molecule has 0 atom stereocenters. The molecule has 4 rings (SSSR count). The Morgan fingerprint density at radius 2 is 2.32 bits per heavy atom. The Labute approximate surface area is 132 Å². The van der Waals surface area contributed by atoms with Gasteiger partial charge in [-0.3, -0.25) is 4.79 Å². The van der Waals surface area contributed by atoms with Crippen LogP contribution in [0.5, 0.6) is 0 Å². The Morgan fingerprint density at radius 1 is 1.45 bits per heavy atom. The van der Waals surface area contributed by atoms with Crippen LogP contribution >= 0.6 is 11.3 Å². The molecule has 112 valence electrons. The van der Waals surface area contributed by atoms with Crippen LogP contribution in [0, 0.1) is 0 Å². The number of thiazole rings is 1. The summed E-state index contributed by atoms with van der Waals surface area (Å²) in [5.74, 6) is 1.74. The lowest BCUT2D eigenvalue weighted by atomic mass is 10.1. The Morgan fingerprint density at radius 3 is 3.05 bits per heavy atom. The first kappa shape index (κ1) is 13.5. The van der Waals surface area contributed by atoms with E-state index in [0.717, 1.165) is 16.6 Å². The van der Waals surface area contributed by atoms with Gasteiger partial charge in [-0.2, -0.15) is 0 Å². The molecule has 22 heavy (non-hydrogen) atoms. The Balaban J connectivity index is 1.55. The quantitative estimate of drug-likeness (QED) is 0.805. The smallest absolute Gasteiger partial charge is 0.230 e. The summed E-state index contributed by atoms with van der Waals surface area (Å²) in [5.41, 5.74) is 3.08.